The molecule has 0 spiro atoms. The molecule has 0 amide bonds. The summed E-state index contributed by atoms with van der Waals surface area (Å²) in [7, 11) is 0. The predicted molar refractivity (Wildman–Crippen MR) is 79.2 cm³/mol. The van der Waals surface area contributed by atoms with Gasteiger partial charge < -0.3 is 11.1 Å². The van der Waals surface area contributed by atoms with Gasteiger partial charge in [0.1, 0.15) is 10.4 Å². The molecule has 94 valence electrons. The van der Waals surface area contributed by atoms with Crippen LogP contribution in [0.3, 0.4) is 0 Å². The zero-order chi connectivity index (χ0) is 13.2. The molecular weight excluding hydrogens is 306 g/mol. The van der Waals surface area contributed by atoms with Crippen LogP contribution >= 0.6 is 15.9 Å². The van der Waals surface area contributed by atoms with Crippen molar-refractivity contribution in [3.63, 3.8) is 0 Å². The summed E-state index contributed by atoms with van der Waals surface area (Å²) in [5.41, 5.74) is 7.51. The number of nitrogens with zero attached hydrogens (tertiary/aromatic N) is 3. The second-order valence-corrected chi connectivity index (χ2v) is 4.79. The summed E-state index contributed by atoms with van der Waals surface area (Å²) < 4.78 is 0.643. The predicted octanol–water partition coefficient (Wildman–Crippen LogP) is 3.11. The summed E-state index contributed by atoms with van der Waals surface area (Å²) >= 11 is 3.28. The van der Waals surface area contributed by atoms with Crippen LogP contribution < -0.4 is 11.1 Å². The number of benzene rings is 1. The van der Waals surface area contributed by atoms with Crippen molar-refractivity contribution in [1.82, 2.24) is 15.0 Å². The van der Waals surface area contributed by atoms with Crippen molar-refractivity contribution in [1.29, 1.82) is 0 Å². The van der Waals surface area contributed by atoms with Crippen LogP contribution in [0.5, 0.6) is 0 Å². The summed E-state index contributed by atoms with van der Waals surface area (Å²) in [6.45, 7) is 0. The molecule has 3 N–H and O–H groups in total. The molecule has 1 aromatic carbocycles. The fourth-order valence-electron chi connectivity index (χ4n) is 1.77. The highest BCUT2D eigenvalue weighted by Crippen LogP contribution is 2.21. The molecule has 0 aliphatic carbocycles. The Morgan fingerprint density at radius 2 is 2.00 bits per heavy atom. The van der Waals surface area contributed by atoms with Crippen molar-refractivity contribution in [3.05, 3.63) is 47.2 Å². The van der Waals surface area contributed by atoms with Gasteiger partial charge in [-0.1, -0.05) is 6.07 Å². The molecule has 0 fully saturated rings. The number of hydrogen-bond acceptors (Lipinski definition) is 5. The van der Waals surface area contributed by atoms with Gasteiger partial charge in [0.05, 0.1) is 5.52 Å². The number of hydrogen-bond donors (Lipinski definition) is 2. The highest BCUT2D eigenvalue weighted by Gasteiger charge is 2.02. The number of anilines is 3. The van der Waals surface area contributed by atoms with Crippen molar-refractivity contribution in [2.45, 2.75) is 0 Å². The first kappa shape index (κ1) is 11.9. The van der Waals surface area contributed by atoms with Crippen LogP contribution in [-0.4, -0.2) is 15.0 Å². The number of nitrogen functional groups attached to an aromatic ring is 1. The third-order valence-electron chi connectivity index (χ3n) is 2.57. The fraction of sp³-hybridized carbons (Fsp3) is 0. The monoisotopic (exact) mass is 315 g/mol. The number of aromatic nitrogens is 3. The minimum absolute atomic E-state index is 0.409. The van der Waals surface area contributed by atoms with E-state index in [0.717, 1.165) is 16.6 Å². The smallest absolute Gasteiger partial charge is 0.230 e. The number of nitrogens with one attached hydrogen (secondary N) is 1. The van der Waals surface area contributed by atoms with Crippen LogP contribution in [0.15, 0.2) is 47.2 Å². The molecule has 2 heterocycles. The summed E-state index contributed by atoms with van der Waals surface area (Å²) in [4.78, 5) is 12.6. The van der Waals surface area contributed by atoms with Gasteiger partial charge in [0.2, 0.25) is 5.95 Å². The lowest BCUT2D eigenvalue weighted by Gasteiger charge is -2.06. The van der Waals surface area contributed by atoms with Crippen LogP contribution in [0.1, 0.15) is 0 Å². The van der Waals surface area contributed by atoms with E-state index in [1.165, 1.54) is 0 Å². The van der Waals surface area contributed by atoms with E-state index in [2.05, 4.69) is 36.2 Å². The van der Waals surface area contributed by atoms with Crippen molar-refractivity contribution >= 4 is 44.3 Å². The average Bonchev–Trinajstić information content (AvgIpc) is 2.37. The molecule has 19 heavy (non-hydrogen) atoms. The second kappa shape index (κ2) is 4.81. The van der Waals surface area contributed by atoms with Gasteiger partial charge in [-0.05, 0) is 40.2 Å². The Balaban J connectivity index is 1.96. The van der Waals surface area contributed by atoms with Crippen molar-refractivity contribution < 1.29 is 0 Å². The highest BCUT2D eigenvalue weighted by atomic mass is 79.9. The zero-order valence-electron chi connectivity index (χ0n) is 9.84. The maximum absolute atomic E-state index is 5.67. The number of fused-ring (bicyclic) bond motifs is 1. The van der Waals surface area contributed by atoms with Gasteiger partial charge in [-0.3, -0.25) is 4.98 Å². The molecule has 6 heteroatoms. The van der Waals surface area contributed by atoms with Crippen molar-refractivity contribution in [2.24, 2.45) is 0 Å². The van der Waals surface area contributed by atoms with Gasteiger partial charge in [-0.2, -0.15) is 4.98 Å². The molecule has 0 bridgehead atoms. The van der Waals surface area contributed by atoms with E-state index >= 15 is 0 Å². The molecule has 5 nitrogen and oxygen atoms in total. The summed E-state index contributed by atoms with van der Waals surface area (Å²) in [5, 5.41) is 4.17. The third kappa shape index (κ3) is 2.63. The average molecular weight is 316 g/mol. The molecule has 3 rings (SSSR count). The van der Waals surface area contributed by atoms with E-state index in [-0.39, 0.29) is 0 Å². The highest BCUT2D eigenvalue weighted by molar-refractivity contribution is 9.10. The number of halogens is 1. The third-order valence-corrected chi connectivity index (χ3v) is 2.98. The molecule has 0 aliphatic rings. The lowest BCUT2D eigenvalue weighted by atomic mass is 10.2. The molecule has 3 aromatic rings. The van der Waals surface area contributed by atoms with Gasteiger partial charge in [0.15, 0.2) is 0 Å². The molecule has 0 saturated heterocycles. The largest absolute Gasteiger partial charge is 0.383 e. The molecule has 0 saturated carbocycles. The van der Waals surface area contributed by atoms with Gasteiger partial charge in [-0.25, -0.2) is 4.98 Å². The molecule has 0 atom stereocenters. The Hall–Kier alpha value is -2.21. The quantitative estimate of drug-likeness (QED) is 0.710. The first-order chi connectivity index (χ1) is 9.20. The Kier molecular flexibility index (Phi) is 3.00. The summed E-state index contributed by atoms with van der Waals surface area (Å²) in [6, 6.07) is 11.4. The topological polar surface area (TPSA) is 76.7 Å². The van der Waals surface area contributed by atoms with E-state index in [1.54, 1.807) is 12.3 Å². The Bertz CT molecular complexity index is 724. The van der Waals surface area contributed by atoms with Crippen LogP contribution in [0.2, 0.25) is 0 Å². The number of nitrogens with two attached hydrogens (primary N) is 1. The van der Waals surface area contributed by atoms with Gasteiger partial charge >= 0.3 is 0 Å². The summed E-state index contributed by atoms with van der Waals surface area (Å²) in [5.74, 6) is 0.863. The van der Waals surface area contributed by atoms with E-state index in [9.17, 15) is 0 Å². The van der Waals surface area contributed by atoms with Gasteiger partial charge in [-0.15, -0.1) is 0 Å². The van der Waals surface area contributed by atoms with Crippen LogP contribution in [0, 0.1) is 0 Å². The van der Waals surface area contributed by atoms with Crippen LogP contribution in [0.25, 0.3) is 10.9 Å². The number of pyridine rings is 1. The van der Waals surface area contributed by atoms with E-state index < -0.39 is 0 Å². The fourth-order valence-corrected chi connectivity index (χ4v) is 2.18. The first-order valence-electron chi connectivity index (χ1n) is 5.62. The molecule has 0 aliphatic heterocycles. The maximum atomic E-state index is 5.67. The molecular formula is C13H10BrN5. The van der Waals surface area contributed by atoms with E-state index in [4.69, 9.17) is 5.73 Å². The minimum Gasteiger partial charge on any atom is -0.383 e. The second-order valence-electron chi connectivity index (χ2n) is 3.98. The minimum atomic E-state index is 0.409. The van der Waals surface area contributed by atoms with Crippen molar-refractivity contribution in [3.8, 4) is 0 Å². The first-order valence-corrected chi connectivity index (χ1v) is 6.42. The molecule has 0 unspecified atom stereocenters. The van der Waals surface area contributed by atoms with E-state index in [0.29, 0.717) is 16.4 Å². The number of rotatable bonds is 2. The SMILES string of the molecule is Nc1cc(Br)nc(Nc2ccc3ncccc3c2)n1. The molecule has 2 aromatic heterocycles. The van der Waals surface area contributed by atoms with Crippen LogP contribution in [0.4, 0.5) is 17.5 Å². The lowest BCUT2D eigenvalue weighted by Crippen LogP contribution is -2.00. The lowest BCUT2D eigenvalue weighted by molar-refractivity contribution is 1.15. The maximum Gasteiger partial charge on any atom is 0.230 e. The summed E-state index contributed by atoms with van der Waals surface area (Å²) in [6.07, 6.45) is 1.77. The zero-order valence-corrected chi connectivity index (χ0v) is 11.4. The Morgan fingerprint density at radius 1 is 1.11 bits per heavy atom. The van der Waals surface area contributed by atoms with Gasteiger partial charge in [0.25, 0.3) is 0 Å². The Morgan fingerprint density at radius 3 is 2.84 bits per heavy atom. The van der Waals surface area contributed by atoms with Crippen molar-refractivity contribution in [2.75, 3.05) is 11.1 Å². The normalized spacial score (nSPS) is 10.6. The molecule has 0 radical (unpaired) electrons. The van der Waals surface area contributed by atoms with E-state index in [1.807, 2.05) is 30.3 Å². The van der Waals surface area contributed by atoms with Gasteiger partial charge in [0, 0.05) is 23.3 Å². The van der Waals surface area contributed by atoms with Crippen LogP contribution in [-0.2, 0) is 0 Å². The standard InChI is InChI=1S/C13H10BrN5/c14-11-7-12(15)19-13(18-11)17-9-3-4-10-8(6-9)2-1-5-16-10/h1-7H,(H3,15,17,18,19). The Labute approximate surface area is 118 Å².